The minimum absolute atomic E-state index is 0.160. The molecule has 1 unspecified atom stereocenters. The maximum Gasteiger partial charge on any atom is 0.191 e. The Morgan fingerprint density at radius 2 is 1.82 bits per heavy atom. The van der Waals surface area contributed by atoms with Crippen LogP contribution in [0.1, 0.15) is 11.1 Å². The van der Waals surface area contributed by atoms with Crippen molar-refractivity contribution >= 4 is 11.8 Å². The van der Waals surface area contributed by atoms with Crippen LogP contribution in [0.15, 0.2) is 84.3 Å². The molecule has 33 heavy (non-hydrogen) atoms. The molecule has 0 aliphatic heterocycles. The van der Waals surface area contributed by atoms with Gasteiger partial charge in [-0.15, -0.1) is 10.2 Å². The Balaban J connectivity index is 1.41. The van der Waals surface area contributed by atoms with Crippen LogP contribution in [0.25, 0.3) is 11.4 Å². The molecule has 2 heterocycles. The van der Waals surface area contributed by atoms with Crippen molar-refractivity contribution < 1.29 is 9.84 Å². The number of hydrogen-bond donors (Lipinski definition) is 1. The predicted octanol–water partition coefficient (Wildman–Crippen LogP) is 3.99. The molecule has 0 aliphatic rings. The molecule has 1 N–H and O–H groups in total. The smallest absolute Gasteiger partial charge is 0.191 e. The van der Waals surface area contributed by atoms with Crippen LogP contribution >= 0.6 is 11.8 Å². The van der Waals surface area contributed by atoms with Crippen LogP contribution in [0.4, 0.5) is 0 Å². The lowest BCUT2D eigenvalue weighted by atomic mass is 10.2. The highest BCUT2D eigenvalue weighted by molar-refractivity contribution is 7.99. The molecule has 0 amide bonds. The number of thioether (sulfide) groups is 1. The van der Waals surface area contributed by atoms with Crippen molar-refractivity contribution in [3.05, 3.63) is 90.3 Å². The van der Waals surface area contributed by atoms with Gasteiger partial charge in [-0.25, -0.2) is 0 Å². The summed E-state index contributed by atoms with van der Waals surface area (Å²) in [6, 6.07) is 23.4. The van der Waals surface area contributed by atoms with E-state index in [1.54, 1.807) is 12.4 Å². The number of ether oxygens (including phenoxy) is 1. The van der Waals surface area contributed by atoms with Crippen molar-refractivity contribution in [2.45, 2.75) is 24.2 Å². The van der Waals surface area contributed by atoms with Gasteiger partial charge in [0.15, 0.2) is 11.0 Å². The van der Waals surface area contributed by atoms with Gasteiger partial charge < -0.3 is 9.84 Å². The zero-order valence-electron chi connectivity index (χ0n) is 17.9. The van der Waals surface area contributed by atoms with E-state index in [2.05, 4.69) is 33.4 Å². The molecule has 0 aliphatic carbocycles. The highest BCUT2D eigenvalue weighted by Gasteiger charge is 2.17. The summed E-state index contributed by atoms with van der Waals surface area (Å²) >= 11 is 1.44. The van der Waals surface area contributed by atoms with Crippen molar-refractivity contribution in [1.29, 1.82) is 5.26 Å². The first kappa shape index (κ1) is 22.5. The Morgan fingerprint density at radius 3 is 2.55 bits per heavy atom. The molecular weight excluding hydrogens is 434 g/mol. The zero-order chi connectivity index (χ0) is 22.9. The Labute approximate surface area is 196 Å². The van der Waals surface area contributed by atoms with Crippen LogP contribution in [0.5, 0.6) is 5.75 Å². The standard InChI is InChI=1S/C25H23N5O2S/c26-13-12-19-8-10-23(11-9-19)32-17-22(31)18-33-25-29-28-24(21-7-4-14-27-15-21)30(25)16-20-5-2-1-3-6-20/h1-11,14-15,22,31H,12,16-18H2. The molecule has 2 aromatic carbocycles. The largest absolute Gasteiger partial charge is 0.491 e. The van der Waals surface area contributed by atoms with Gasteiger partial charge in [-0.05, 0) is 35.4 Å². The summed E-state index contributed by atoms with van der Waals surface area (Å²) < 4.78 is 7.73. The fourth-order valence-corrected chi connectivity index (χ4v) is 4.06. The van der Waals surface area contributed by atoms with E-state index in [4.69, 9.17) is 10.00 Å². The van der Waals surface area contributed by atoms with E-state index in [9.17, 15) is 5.11 Å². The van der Waals surface area contributed by atoms with Crippen LogP contribution in [-0.4, -0.2) is 43.3 Å². The number of rotatable bonds is 10. The number of aromatic nitrogens is 4. The number of nitrogens with zero attached hydrogens (tertiary/aromatic N) is 5. The first-order chi connectivity index (χ1) is 16.2. The van der Waals surface area contributed by atoms with Crippen molar-refractivity contribution in [3.63, 3.8) is 0 Å². The van der Waals surface area contributed by atoms with E-state index in [0.29, 0.717) is 24.5 Å². The Morgan fingerprint density at radius 1 is 1.00 bits per heavy atom. The second-order valence-electron chi connectivity index (χ2n) is 7.37. The predicted molar refractivity (Wildman–Crippen MR) is 127 cm³/mol. The summed E-state index contributed by atoms with van der Waals surface area (Å²) in [7, 11) is 0. The molecule has 0 radical (unpaired) electrons. The number of nitriles is 1. The number of pyridine rings is 1. The van der Waals surface area contributed by atoms with Crippen LogP contribution in [0, 0.1) is 11.3 Å². The molecule has 0 bridgehead atoms. The minimum atomic E-state index is -0.683. The van der Waals surface area contributed by atoms with Crippen LogP contribution in [0.3, 0.4) is 0 Å². The van der Waals surface area contributed by atoms with E-state index >= 15 is 0 Å². The number of benzene rings is 2. The Bertz CT molecular complexity index is 1190. The zero-order valence-corrected chi connectivity index (χ0v) is 18.7. The SMILES string of the molecule is N#CCc1ccc(OCC(O)CSc2nnc(-c3cccnc3)n2Cc2ccccc2)cc1. The lowest BCUT2D eigenvalue weighted by molar-refractivity contribution is 0.126. The molecule has 7 nitrogen and oxygen atoms in total. The van der Waals surface area contributed by atoms with Gasteiger partial charge in [0.2, 0.25) is 0 Å². The summed E-state index contributed by atoms with van der Waals surface area (Å²) in [4.78, 5) is 4.20. The van der Waals surface area contributed by atoms with E-state index < -0.39 is 6.10 Å². The first-order valence-electron chi connectivity index (χ1n) is 10.5. The maximum atomic E-state index is 10.5. The molecule has 4 rings (SSSR count). The summed E-state index contributed by atoms with van der Waals surface area (Å²) in [6.45, 7) is 0.773. The van der Waals surface area contributed by atoms with Crippen molar-refractivity contribution in [3.8, 4) is 23.2 Å². The quantitative estimate of drug-likeness (QED) is 0.360. The highest BCUT2D eigenvalue weighted by Crippen LogP contribution is 2.25. The van der Waals surface area contributed by atoms with E-state index in [0.717, 1.165) is 27.7 Å². The summed E-state index contributed by atoms with van der Waals surface area (Å²) in [6.07, 6.45) is 3.18. The average Bonchev–Trinajstić information content (AvgIpc) is 3.26. The molecule has 8 heteroatoms. The van der Waals surface area contributed by atoms with E-state index in [1.165, 1.54) is 11.8 Å². The number of aliphatic hydroxyl groups is 1. The third kappa shape index (κ3) is 6.19. The third-order valence-electron chi connectivity index (χ3n) is 4.87. The van der Waals surface area contributed by atoms with Crippen molar-refractivity contribution in [1.82, 2.24) is 19.7 Å². The number of hydrogen-bond acceptors (Lipinski definition) is 7. The fourth-order valence-electron chi connectivity index (χ4n) is 3.22. The van der Waals surface area contributed by atoms with Gasteiger partial charge in [0.25, 0.3) is 0 Å². The molecule has 0 fully saturated rings. The normalized spacial score (nSPS) is 11.6. The topological polar surface area (TPSA) is 96.8 Å². The van der Waals surface area contributed by atoms with Crippen LogP contribution in [0.2, 0.25) is 0 Å². The van der Waals surface area contributed by atoms with Gasteiger partial charge in [-0.3, -0.25) is 9.55 Å². The van der Waals surface area contributed by atoms with Gasteiger partial charge in [-0.2, -0.15) is 5.26 Å². The molecule has 166 valence electrons. The van der Waals surface area contributed by atoms with Crippen LogP contribution < -0.4 is 4.74 Å². The molecular formula is C25H23N5O2S. The molecule has 2 aromatic heterocycles. The minimum Gasteiger partial charge on any atom is -0.491 e. The molecule has 1 atom stereocenters. The molecule has 0 saturated heterocycles. The van der Waals surface area contributed by atoms with Gasteiger partial charge in [0, 0.05) is 23.7 Å². The summed E-state index contributed by atoms with van der Waals surface area (Å²) in [5.41, 5.74) is 2.95. The Hall–Kier alpha value is -3.67. The van der Waals surface area contributed by atoms with Crippen molar-refractivity contribution in [2.24, 2.45) is 0 Å². The second-order valence-corrected chi connectivity index (χ2v) is 8.36. The molecule has 0 spiro atoms. The van der Waals surface area contributed by atoms with Gasteiger partial charge >= 0.3 is 0 Å². The lowest BCUT2D eigenvalue weighted by Crippen LogP contribution is -2.20. The lowest BCUT2D eigenvalue weighted by Gasteiger charge is -2.13. The van der Waals surface area contributed by atoms with Gasteiger partial charge in [0.05, 0.1) is 25.1 Å². The van der Waals surface area contributed by atoms with Gasteiger partial charge in [-0.1, -0.05) is 54.2 Å². The summed E-state index contributed by atoms with van der Waals surface area (Å²) in [5.74, 6) is 1.80. The number of aliphatic hydroxyl groups excluding tert-OH is 1. The Kier molecular flexibility index (Phi) is 7.69. The highest BCUT2D eigenvalue weighted by atomic mass is 32.2. The fraction of sp³-hybridized carbons (Fsp3) is 0.200. The third-order valence-corrected chi connectivity index (χ3v) is 5.99. The van der Waals surface area contributed by atoms with Gasteiger partial charge in [0.1, 0.15) is 12.4 Å². The van der Waals surface area contributed by atoms with Crippen LogP contribution in [-0.2, 0) is 13.0 Å². The maximum absolute atomic E-state index is 10.5. The van der Waals surface area contributed by atoms with E-state index in [1.807, 2.05) is 59.2 Å². The average molecular weight is 458 g/mol. The summed E-state index contributed by atoms with van der Waals surface area (Å²) in [5, 5.41) is 28.7. The van der Waals surface area contributed by atoms with Crippen molar-refractivity contribution in [2.75, 3.05) is 12.4 Å². The monoisotopic (exact) mass is 457 g/mol. The van der Waals surface area contributed by atoms with E-state index in [-0.39, 0.29) is 6.61 Å². The molecule has 4 aromatic rings. The molecule has 0 saturated carbocycles. The first-order valence-corrected chi connectivity index (χ1v) is 11.5. The second kappa shape index (κ2) is 11.3.